The molecule has 2 aromatic carbocycles. The molecular formula is C23H20N6O3. The van der Waals surface area contributed by atoms with Crippen molar-refractivity contribution in [2.45, 2.75) is 12.6 Å². The molecule has 32 heavy (non-hydrogen) atoms. The smallest absolute Gasteiger partial charge is 0.291 e. The lowest BCUT2D eigenvalue weighted by Gasteiger charge is -2.21. The van der Waals surface area contributed by atoms with Gasteiger partial charge in [-0.1, -0.05) is 30.3 Å². The number of hydrogen-bond donors (Lipinski definition) is 1. The third-order valence-corrected chi connectivity index (χ3v) is 5.32. The predicted molar refractivity (Wildman–Crippen MR) is 117 cm³/mol. The molecule has 0 bridgehead atoms. The lowest BCUT2D eigenvalue weighted by Crippen LogP contribution is -2.49. The van der Waals surface area contributed by atoms with E-state index in [9.17, 15) is 9.59 Å². The van der Waals surface area contributed by atoms with Crippen molar-refractivity contribution in [3.05, 3.63) is 78.5 Å². The Kier molecular flexibility index (Phi) is 4.98. The van der Waals surface area contributed by atoms with Crippen LogP contribution in [0.2, 0.25) is 0 Å². The maximum Gasteiger partial charge on any atom is 0.291 e. The number of nitrogens with one attached hydrogen (secondary N) is 1. The van der Waals surface area contributed by atoms with E-state index in [2.05, 4.69) is 20.4 Å². The van der Waals surface area contributed by atoms with Crippen LogP contribution in [0.15, 0.2) is 67.1 Å². The fourth-order valence-corrected chi connectivity index (χ4v) is 3.74. The van der Waals surface area contributed by atoms with E-state index in [1.807, 2.05) is 48.5 Å². The molecule has 1 aliphatic heterocycles. The van der Waals surface area contributed by atoms with Gasteiger partial charge in [0.1, 0.15) is 24.7 Å². The largest absolute Gasteiger partial charge is 0.489 e. The van der Waals surface area contributed by atoms with E-state index in [1.165, 1.54) is 11.2 Å². The molecule has 9 nitrogen and oxygen atoms in total. The number of fused-ring (bicyclic) bond motifs is 3. The van der Waals surface area contributed by atoms with Gasteiger partial charge in [0, 0.05) is 18.6 Å². The summed E-state index contributed by atoms with van der Waals surface area (Å²) in [4.78, 5) is 35.8. The number of likely N-dealkylation sites (N-methyl/N-ethyl adjacent to an activating group) is 1. The molecule has 0 radical (unpaired) electrons. The molecule has 160 valence electrons. The van der Waals surface area contributed by atoms with E-state index in [0.29, 0.717) is 18.0 Å². The zero-order chi connectivity index (χ0) is 22.1. The second kappa shape index (κ2) is 8.10. The zero-order valence-electron chi connectivity index (χ0n) is 17.3. The average molecular weight is 428 g/mol. The first kappa shape index (κ1) is 19.7. The number of aromatic nitrogens is 4. The number of amides is 2. The van der Waals surface area contributed by atoms with Crippen LogP contribution in [0.25, 0.3) is 10.9 Å². The summed E-state index contributed by atoms with van der Waals surface area (Å²) >= 11 is 0. The van der Waals surface area contributed by atoms with Crippen LogP contribution in [0.1, 0.15) is 16.2 Å². The van der Waals surface area contributed by atoms with Crippen molar-refractivity contribution in [2.75, 3.05) is 18.6 Å². The van der Waals surface area contributed by atoms with E-state index < -0.39 is 11.9 Å². The fraction of sp³-hybridized carbons (Fsp3) is 0.174. The van der Waals surface area contributed by atoms with Gasteiger partial charge in [-0.2, -0.15) is 0 Å². The minimum atomic E-state index is -0.882. The Hall–Kier alpha value is -4.27. The lowest BCUT2D eigenvalue weighted by atomic mass is 10.1. The van der Waals surface area contributed by atoms with Gasteiger partial charge in [0.25, 0.3) is 11.8 Å². The van der Waals surface area contributed by atoms with Gasteiger partial charge in [0.15, 0.2) is 0 Å². The fourth-order valence-electron chi connectivity index (χ4n) is 3.74. The number of rotatable bonds is 4. The summed E-state index contributed by atoms with van der Waals surface area (Å²) in [6.07, 6.45) is 3.19. The normalized spacial score (nSPS) is 15.7. The molecule has 0 fully saturated rings. The SMILES string of the molecule is CN1C(=O)[C@@H](NC(=O)c2ncn(Cc3ccccc3)n2)COc2ccc3ncccc3c21. The molecule has 1 atom stereocenters. The summed E-state index contributed by atoms with van der Waals surface area (Å²) in [7, 11) is 1.66. The quantitative estimate of drug-likeness (QED) is 0.534. The minimum Gasteiger partial charge on any atom is -0.489 e. The third kappa shape index (κ3) is 3.64. The highest BCUT2D eigenvalue weighted by Gasteiger charge is 2.32. The van der Waals surface area contributed by atoms with Crippen LogP contribution < -0.4 is 15.0 Å². The Morgan fingerprint density at radius 2 is 1.97 bits per heavy atom. The van der Waals surface area contributed by atoms with Gasteiger partial charge < -0.3 is 15.0 Å². The number of benzene rings is 2. The van der Waals surface area contributed by atoms with Crippen LogP contribution in [-0.2, 0) is 11.3 Å². The Morgan fingerprint density at radius 1 is 1.12 bits per heavy atom. The van der Waals surface area contributed by atoms with Crippen LogP contribution in [0, 0.1) is 0 Å². The van der Waals surface area contributed by atoms with Crippen molar-refractivity contribution in [1.82, 2.24) is 25.1 Å². The van der Waals surface area contributed by atoms with Gasteiger partial charge in [0.05, 0.1) is 17.7 Å². The highest BCUT2D eigenvalue weighted by atomic mass is 16.5. The molecule has 0 aliphatic carbocycles. The van der Waals surface area contributed by atoms with Gasteiger partial charge in [0.2, 0.25) is 5.82 Å². The van der Waals surface area contributed by atoms with Crippen molar-refractivity contribution in [1.29, 1.82) is 0 Å². The van der Waals surface area contributed by atoms with Crippen molar-refractivity contribution in [3.8, 4) is 5.75 Å². The first-order valence-corrected chi connectivity index (χ1v) is 10.1. The van der Waals surface area contributed by atoms with Crippen LogP contribution in [0.5, 0.6) is 5.75 Å². The van der Waals surface area contributed by atoms with E-state index in [-0.39, 0.29) is 18.3 Å². The Balaban J connectivity index is 1.33. The first-order valence-electron chi connectivity index (χ1n) is 10.1. The zero-order valence-corrected chi connectivity index (χ0v) is 17.3. The number of nitrogens with zero attached hydrogens (tertiary/aromatic N) is 5. The molecule has 1 N–H and O–H groups in total. The van der Waals surface area contributed by atoms with Crippen LogP contribution in [-0.4, -0.2) is 51.3 Å². The highest BCUT2D eigenvalue weighted by Crippen LogP contribution is 2.37. The van der Waals surface area contributed by atoms with E-state index in [4.69, 9.17) is 4.74 Å². The number of pyridine rings is 1. The number of hydrogen-bond acceptors (Lipinski definition) is 6. The second-order valence-electron chi connectivity index (χ2n) is 7.47. The maximum atomic E-state index is 13.1. The van der Waals surface area contributed by atoms with Crippen molar-refractivity contribution < 1.29 is 14.3 Å². The second-order valence-corrected chi connectivity index (χ2v) is 7.47. The molecule has 0 saturated heterocycles. The minimum absolute atomic E-state index is 0.00158. The molecule has 2 amide bonds. The summed E-state index contributed by atoms with van der Waals surface area (Å²) in [6, 6.07) is 16.2. The molecular weight excluding hydrogens is 408 g/mol. The highest BCUT2D eigenvalue weighted by molar-refractivity contribution is 6.08. The molecule has 0 unspecified atom stereocenters. The molecule has 3 heterocycles. The van der Waals surface area contributed by atoms with Crippen molar-refractivity contribution >= 4 is 28.4 Å². The summed E-state index contributed by atoms with van der Waals surface area (Å²) in [5, 5.41) is 7.74. The molecule has 4 aromatic rings. The van der Waals surface area contributed by atoms with Gasteiger partial charge in [-0.15, -0.1) is 5.10 Å². The van der Waals surface area contributed by atoms with E-state index >= 15 is 0 Å². The van der Waals surface area contributed by atoms with Crippen LogP contribution in [0.3, 0.4) is 0 Å². The first-order chi connectivity index (χ1) is 15.6. The average Bonchev–Trinajstić information content (AvgIpc) is 3.25. The molecule has 0 spiro atoms. The molecule has 5 rings (SSSR count). The lowest BCUT2D eigenvalue weighted by molar-refractivity contribution is -0.120. The van der Waals surface area contributed by atoms with Gasteiger partial charge in [-0.05, 0) is 29.8 Å². The van der Waals surface area contributed by atoms with E-state index in [1.54, 1.807) is 24.0 Å². The monoisotopic (exact) mass is 428 g/mol. The summed E-state index contributed by atoms with van der Waals surface area (Å²) in [5.74, 6) is -0.280. The molecule has 2 aromatic heterocycles. The molecule has 0 saturated carbocycles. The van der Waals surface area contributed by atoms with Crippen molar-refractivity contribution in [3.63, 3.8) is 0 Å². The Bertz CT molecular complexity index is 1300. The van der Waals surface area contributed by atoms with Gasteiger partial charge in [-0.3, -0.25) is 14.6 Å². The summed E-state index contributed by atoms with van der Waals surface area (Å²) < 4.78 is 7.46. The Labute approximate surface area is 183 Å². The van der Waals surface area contributed by atoms with E-state index in [0.717, 1.165) is 16.5 Å². The number of ether oxygens (including phenoxy) is 1. The number of carbonyl (C=O) groups excluding carboxylic acids is 2. The standard InChI is InChI=1S/C23H20N6O3/c1-28-20-16-8-5-11-24-17(16)9-10-19(20)32-13-18(23(28)31)26-22(30)21-25-14-29(27-21)12-15-6-3-2-4-7-15/h2-11,14,18H,12-13H2,1H3,(H,26,30)/t18-/m0/s1. The number of carbonyl (C=O) groups is 2. The van der Waals surface area contributed by atoms with Gasteiger partial charge >= 0.3 is 0 Å². The molecule has 1 aliphatic rings. The predicted octanol–water partition coefficient (Wildman–Crippen LogP) is 2.03. The summed E-state index contributed by atoms with van der Waals surface area (Å²) in [5.41, 5.74) is 2.42. The van der Waals surface area contributed by atoms with Crippen molar-refractivity contribution in [2.24, 2.45) is 0 Å². The topological polar surface area (TPSA) is 102 Å². The van der Waals surface area contributed by atoms with Crippen LogP contribution >= 0.6 is 0 Å². The molecule has 9 heteroatoms. The van der Waals surface area contributed by atoms with Gasteiger partial charge in [-0.25, -0.2) is 9.67 Å². The Morgan fingerprint density at radius 3 is 2.81 bits per heavy atom. The van der Waals surface area contributed by atoms with Crippen LogP contribution in [0.4, 0.5) is 5.69 Å². The maximum absolute atomic E-state index is 13.1. The third-order valence-electron chi connectivity index (χ3n) is 5.32. The summed E-state index contributed by atoms with van der Waals surface area (Å²) in [6.45, 7) is 0.490. The number of anilines is 1.